The number of piperidine rings is 1. The van der Waals surface area contributed by atoms with Gasteiger partial charge in [0.2, 0.25) is 5.91 Å². The number of carbonyl (C=O) groups is 1. The summed E-state index contributed by atoms with van der Waals surface area (Å²) in [6, 6.07) is 6.94. The third-order valence-corrected chi connectivity index (χ3v) is 7.45. The maximum Gasteiger partial charge on any atom is 0.251 e. The second kappa shape index (κ2) is 9.69. The van der Waals surface area contributed by atoms with Crippen molar-refractivity contribution >= 4 is 23.0 Å². The fourth-order valence-corrected chi connectivity index (χ4v) is 5.51. The number of amides is 1. The van der Waals surface area contributed by atoms with Gasteiger partial charge in [-0.3, -0.25) is 9.59 Å². The van der Waals surface area contributed by atoms with Gasteiger partial charge >= 0.3 is 0 Å². The number of thiazole rings is 1. The number of hydrogen-bond acceptors (Lipinski definition) is 6. The number of carbonyl (C=O) groups excluding carboxylic acids is 1. The molecule has 0 radical (unpaired) electrons. The van der Waals surface area contributed by atoms with Crippen molar-refractivity contribution in [1.82, 2.24) is 14.5 Å². The first-order chi connectivity index (χ1) is 16.9. The lowest BCUT2D eigenvalue weighted by molar-refractivity contribution is -0.132. The summed E-state index contributed by atoms with van der Waals surface area (Å²) in [6.07, 6.45) is 2.67. The highest BCUT2D eigenvalue weighted by atomic mass is 32.1. The number of oxime groups is 1. The average Bonchev–Trinajstić information content (AvgIpc) is 3.52. The molecule has 0 N–H and O–H groups in total. The van der Waals surface area contributed by atoms with Crippen molar-refractivity contribution in [3.8, 4) is 0 Å². The van der Waals surface area contributed by atoms with Crippen LogP contribution in [0.25, 0.3) is 0 Å². The zero-order valence-corrected chi connectivity index (χ0v) is 19.9. The quantitative estimate of drug-likeness (QED) is 0.529. The Bertz CT molecular complexity index is 1320. The Morgan fingerprint density at radius 2 is 1.91 bits per heavy atom. The van der Waals surface area contributed by atoms with E-state index < -0.39 is 17.7 Å². The number of pyridine rings is 1. The molecule has 1 fully saturated rings. The van der Waals surface area contributed by atoms with Crippen LogP contribution in [0, 0.1) is 18.6 Å². The minimum Gasteiger partial charge on any atom is -0.387 e. The molecule has 35 heavy (non-hydrogen) atoms. The standard InChI is InChI=1S/C25H24F2N4O3S/c1-15-5-6-22(32)31(12-15)13-23(33)30-9-7-16(8-10-30)25-28-20(14-35-25)19-11-21(34-29-19)24-17(26)3-2-4-18(24)27/h2-6,12,14,16,21H,7-11,13H2,1H3. The number of nitrogens with zero attached hydrogens (tertiary/aromatic N) is 4. The Hall–Kier alpha value is -3.40. The van der Waals surface area contributed by atoms with Gasteiger partial charge in [-0.1, -0.05) is 17.3 Å². The molecule has 1 atom stereocenters. The zero-order valence-electron chi connectivity index (χ0n) is 19.1. The van der Waals surface area contributed by atoms with Gasteiger partial charge in [-0.25, -0.2) is 13.8 Å². The number of benzene rings is 1. The van der Waals surface area contributed by atoms with Crippen LogP contribution in [0.4, 0.5) is 8.78 Å². The molecular weight excluding hydrogens is 474 g/mol. The average molecular weight is 499 g/mol. The van der Waals surface area contributed by atoms with E-state index in [0.717, 1.165) is 23.4 Å². The molecule has 1 amide bonds. The van der Waals surface area contributed by atoms with E-state index in [2.05, 4.69) is 5.16 Å². The van der Waals surface area contributed by atoms with Gasteiger partial charge in [-0.05, 0) is 37.5 Å². The maximum absolute atomic E-state index is 14.1. The molecule has 1 aromatic carbocycles. The number of aryl methyl sites for hydroxylation is 1. The maximum atomic E-state index is 14.1. The molecule has 4 heterocycles. The van der Waals surface area contributed by atoms with Gasteiger partial charge in [-0.2, -0.15) is 0 Å². The van der Waals surface area contributed by atoms with Gasteiger partial charge in [0.15, 0.2) is 6.10 Å². The first kappa shape index (κ1) is 23.3. The largest absolute Gasteiger partial charge is 0.387 e. The van der Waals surface area contributed by atoms with Crippen LogP contribution in [0.3, 0.4) is 0 Å². The zero-order chi connectivity index (χ0) is 24.5. The van der Waals surface area contributed by atoms with Crippen LogP contribution in [-0.2, 0) is 16.2 Å². The lowest BCUT2D eigenvalue weighted by Gasteiger charge is -2.31. The summed E-state index contributed by atoms with van der Waals surface area (Å²) in [6.45, 7) is 3.11. The highest BCUT2D eigenvalue weighted by Crippen LogP contribution is 2.35. The molecule has 2 aliphatic rings. The number of aromatic nitrogens is 2. The van der Waals surface area contributed by atoms with Crippen molar-refractivity contribution in [1.29, 1.82) is 0 Å². The Kier molecular flexibility index (Phi) is 6.46. The fraction of sp³-hybridized carbons (Fsp3) is 0.360. The summed E-state index contributed by atoms with van der Waals surface area (Å²) < 4.78 is 29.6. The van der Waals surface area contributed by atoms with Crippen molar-refractivity contribution in [2.75, 3.05) is 13.1 Å². The van der Waals surface area contributed by atoms with Crippen LogP contribution < -0.4 is 5.56 Å². The van der Waals surface area contributed by atoms with E-state index in [0.29, 0.717) is 24.5 Å². The lowest BCUT2D eigenvalue weighted by Crippen LogP contribution is -2.41. The number of likely N-dealkylation sites (tertiary alicyclic amines) is 1. The van der Waals surface area contributed by atoms with Gasteiger partial charge in [-0.15, -0.1) is 11.3 Å². The summed E-state index contributed by atoms with van der Waals surface area (Å²) in [5.41, 5.74) is 1.84. The molecule has 2 aliphatic heterocycles. The third kappa shape index (κ3) is 4.88. The molecule has 10 heteroatoms. The molecule has 0 saturated carbocycles. The summed E-state index contributed by atoms with van der Waals surface area (Å²) >= 11 is 1.52. The summed E-state index contributed by atoms with van der Waals surface area (Å²) in [4.78, 5) is 36.6. The molecule has 1 saturated heterocycles. The van der Waals surface area contributed by atoms with Crippen LogP contribution in [0.2, 0.25) is 0 Å². The van der Waals surface area contributed by atoms with Crippen molar-refractivity contribution in [3.05, 3.63) is 85.7 Å². The molecule has 5 rings (SSSR count). The summed E-state index contributed by atoms with van der Waals surface area (Å²) in [5, 5.41) is 6.88. The van der Waals surface area contributed by atoms with Crippen molar-refractivity contribution < 1.29 is 18.4 Å². The SMILES string of the molecule is Cc1ccc(=O)n(CC(=O)N2CCC(c3nc(C4=NOC(c5c(F)cccc5F)C4)cs3)CC2)c1. The van der Waals surface area contributed by atoms with Gasteiger partial charge in [0.05, 0.1) is 16.3 Å². The third-order valence-electron chi connectivity index (χ3n) is 6.44. The van der Waals surface area contributed by atoms with E-state index in [9.17, 15) is 18.4 Å². The van der Waals surface area contributed by atoms with Gasteiger partial charge in [0, 0.05) is 43.1 Å². The molecule has 0 spiro atoms. The van der Waals surface area contributed by atoms with E-state index >= 15 is 0 Å². The first-order valence-corrected chi connectivity index (χ1v) is 12.3. The Morgan fingerprint density at radius 3 is 2.66 bits per heavy atom. The molecule has 182 valence electrons. The Balaban J connectivity index is 1.18. The number of rotatable bonds is 5. The van der Waals surface area contributed by atoms with E-state index in [1.807, 2.05) is 12.3 Å². The van der Waals surface area contributed by atoms with Crippen molar-refractivity contribution in [2.45, 2.75) is 44.8 Å². The van der Waals surface area contributed by atoms with Crippen LogP contribution in [0.1, 0.15) is 53.1 Å². The topological polar surface area (TPSA) is 76.8 Å². The Morgan fingerprint density at radius 1 is 1.17 bits per heavy atom. The molecule has 0 aliphatic carbocycles. The predicted octanol–water partition coefficient (Wildman–Crippen LogP) is 4.16. The molecule has 2 aromatic heterocycles. The summed E-state index contributed by atoms with van der Waals surface area (Å²) in [7, 11) is 0. The van der Waals surface area contributed by atoms with Crippen LogP contribution >= 0.6 is 11.3 Å². The molecule has 3 aromatic rings. The highest BCUT2D eigenvalue weighted by molar-refractivity contribution is 7.10. The number of hydrogen-bond donors (Lipinski definition) is 0. The smallest absolute Gasteiger partial charge is 0.251 e. The minimum absolute atomic E-state index is 0.0379. The molecule has 0 bridgehead atoms. The van der Waals surface area contributed by atoms with Crippen LogP contribution in [0.5, 0.6) is 0 Å². The van der Waals surface area contributed by atoms with E-state index in [4.69, 9.17) is 9.82 Å². The highest BCUT2D eigenvalue weighted by Gasteiger charge is 2.31. The monoisotopic (exact) mass is 498 g/mol. The van der Waals surface area contributed by atoms with Crippen LogP contribution in [0.15, 0.2) is 51.9 Å². The molecule has 1 unspecified atom stereocenters. The number of halogens is 2. The van der Waals surface area contributed by atoms with Gasteiger partial charge in [0.1, 0.15) is 23.9 Å². The molecular formula is C25H24F2N4O3S. The van der Waals surface area contributed by atoms with E-state index in [-0.39, 0.29) is 35.9 Å². The second-order valence-electron chi connectivity index (χ2n) is 8.87. The second-order valence-corrected chi connectivity index (χ2v) is 9.76. The Labute approximate surface area is 204 Å². The fourth-order valence-electron chi connectivity index (χ4n) is 4.51. The van der Waals surface area contributed by atoms with E-state index in [1.54, 1.807) is 17.2 Å². The van der Waals surface area contributed by atoms with Crippen molar-refractivity contribution in [2.24, 2.45) is 5.16 Å². The van der Waals surface area contributed by atoms with Crippen molar-refractivity contribution in [3.63, 3.8) is 0 Å². The minimum atomic E-state index is -0.813. The molecule has 7 nitrogen and oxygen atoms in total. The van der Waals surface area contributed by atoms with Gasteiger partial charge < -0.3 is 14.3 Å². The van der Waals surface area contributed by atoms with Gasteiger partial charge in [0.25, 0.3) is 5.56 Å². The summed E-state index contributed by atoms with van der Waals surface area (Å²) in [5.74, 6) is -1.17. The predicted molar refractivity (Wildman–Crippen MR) is 127 cm³/mol. The normalized spacial score (nSPS) is 18.4. The van der Waals surface area contributed by atoms with Crippen LogP contribution in [-0.4, -0.2) is 39.2 Å². The lowest BCUT2D eigenvalue weighted by atomic mass is 9.97. The van der Waals surface area contributed by atoms with E-state index in [1.165, 1.54) is 40.2 Å². The first-order valence-electron chi connectivity index (χ1n) is 11.5.